The van der Waals surface area contributed by atoms with Crippen LogP contribution in [0.25, 0.3) is 10.9 Å². The molecule has 2 atom stereocenters. The maximum Gasteiger partial charge on any atom is 0.311 e. The zero-order valence-corrected chi connectivity index (χ0v) is 20.2. The van der Waals surface area contributed by atoms with Crippen molar-refractivity contribution in [2.75, 3.05) is 13.2 Å². The molecular formula is C27H29ClN2O4. The summed E-state index contributed by atoms with van der Waals surface area (Å²) in [6, 6.07) is 13.5. The molecule has 2 heterocycles. The van der Waals surface area contributed by atoms with Gasteiger partial charge >= 0.3 is 5.97 Å². The lowest BCUT2D eigenvalue weighted by atomic mass is 9.72. The molecule has 6 nitrogen and oxygen atoms in total. The van der Waals surface area contributed by atoms with E-state index in [0.717, 1.165) is 46.9 Å². The molecule has 5 rings (SSSR count). The molecule has 1 aliphatic heterocycles. The smallest absolute Gasteiger partial charge is 0.311 e. The molecule has 0 bridgehead atoms. The van der Waals surface area contributed by atoms with Crippen LogP contribution >= 0.6 is 11.6 Å². The van der Waals surface area contributed by atoms with Gasteiger partial charge in [-0.15, -0.1) is 0 Å². The molecule has 2 unspecified atom stereocenters. The first-order chi connectivity index (χ1) is 16.3. The largest absolute Gasteiger partial charge is 0.481 e. The standard InChI is InChI=1S/C27H29ClN2O4/c1-16-6-11-21-20(24(16)28)14-22(30(21)2)25(31)29-27(12-13-34-15-27)19-9-7-18(8-10-19)23(26(32)33)17-4-3-5-17/h6-11,14,17,23H,3-5,12-13,15H2,1-2H3,(H,29,31)(H,32,33). The highest BCUT2D eigenvalue weighted by molar-refractivity contribution is 6.36. The Kier molecular flexibility index (Phi) is 5.90. The lowest BCUT2D eigenvalue weighted by Crippen LogP contribution is -2.47. The number of nitrogens with one attached hydrogen (secondary N) is 1. The number of ether oxygens (including phenoxy) is 1. The van der Waals surface area contributed by atoms with Gasteiger partial charge < -0.3 is 19.7 Å². The van der Waals surface area contributed by atoms with Gasteiger partial charge in [-0.2, -0.15) is 0 Å². The molecule has 3 aromatic rings. The fourth-order valence-corrected chi connectivity index (χ4v) is 5.56. The molecule has 0 radical (unpaired) electrons. The topological polar surface area (TPSA) is 80.6 Å². The van der Waals surface area contributed by atoms with Gasteiger partial charge in [0.2, 0.25) is 0 Å². The number of amides is 1. The van der Waals surface area contributed by atoms with Gasteiger partial charge in [-0.05, 0) is 54.5 Å². The third-order valence-corrected chi connectivity index (χ3v) is 8.17. The summed E-state index contributed by atoms with van der Waals surface area (Å²) in [4.78, 5) is 25.4. The fourth-order valence-electron chi connectivity index (χ4n) is 5.35. The second-order valence-corrected chi connectivity index (χ2v) is 10.1. The third kappa shape index (κ3) is 3.79. The second-order valence-electron chi connectivity index (χ2n) is 9.69. The third-order valence-electron chi connectivity index (χ3n) is 7.67. The molecule has 2 fully saturated rings. The van der Waals surface area contributed by atoms with Crippen LogP contribution in [0.3, 0.4) is 0 Å². The predicted octanol–water partition coefficient (Wildman–Crippen LogP) is 5.15. The molecule has 2 N–H and O–H groups in total. The zero-order chi connectivity index (χ0) is 24.0. The van der Waals surface area contributed by atoms with Gasteiger partial charge in [0.25, 0.3) is 5.91 Å². The van der Waals surface area contributed by atoms with Crippen LogP contribution in [0.5, 0.6) is 0 Å². The van der Waals surface area contributed by atoms with Crippen molar-refractivity contribution in [1.29, 1.82) is 0 Å². The van der Waals surface area contributed by atoms with Crippen molar-refractivity contribution in [2.45, 2.75) is 44.1 Å². The van der Waals surface area contributed by atoms with E-state index in [1.165, 1.54) is 0 Å². The number of aliphatic carboxylic acids is 1. The van der Waals surface area contributed by atoms with Crippen LogP contribution in [0.1, 0.15) is 58.8 Å². The van der Waals surface area contributed by atoms with Crippen molar-refractivity contribution in [3.8, 4) is 0 Å². The van der Waals surface area contributed by atoms with Crippen LogP contribution < -0.4 is 5.32 Å². The van der Waals surface area contributed by atoms with Crippen molar-refractivity contribution in [2.24, 2.45) is 13.0 Å². The Morgan fingerprint density at radius 2 is 1.94 bits per heavy atom. The Morgan fingerprint density at radius 1 is 1.21 bits per heavy atom. The zero-order valence-electron chi connectivity index (χ0n) is 19.4. The minimum Gasteiger partial charge on any atom is -0.481 e. The van der Waals surface area contributed by atoms with E-state index >= 15 is 0 Å². The molecule has 1 aromatic heterocycles. The minimum absolute atomic E-state index is 0.195. The van der Waals surface area contributed by atoms with Crippen LogP contribution in [0.4, 0.5) is 0 Å². The molecular weight excluding hydrogens is 452 g/mol. The number of carboxylic acid groups (broad SMARTS) is 1. The van der Waals surface area contributed by atoms with Gasteiger partial charge in [0.05, 0.1) is 23.1 Å². The van der Waals surface area contributed by atoms with E-state index in [4.69, 9.17) is 16.3 Å². The lowest BCUT2D eigenvalue weighted by molar-refractivity contribution is -0.141. The van der Waals surface area contributed by atoms with Gasteiger partial charge in [-0.25, -0.2) is 0 Å². The monoisotopic (exact) mass is 480 g/mol. The van der Waals surface area contributed by atoms with Crippen molar-refractivity contribution in [3.63, 3.8) is 0 Å². The number of hydrogen-bond donors (Lipinski definition) is 2. The summed E-state index contributed by atoms with van der Waals surface area (Å²) in [5, 5.41) is 14.5. The van der Waals surface area contributed by atoms with Gasteiger partial charge in [0.1, 0.15) is 5.69 Å². The first-order valence-corrected chi connectivity index (χ1v) is 12.2. The van der Waals surface area contributed by atoms with Crippen molar-refractivity contribution < 1.29 is 19.4 Å². The fraction of sp³-hybridized carbons (Fsp3) is 0.407. The Balaban J connectivity index is 1.44. The van der Waals surface area contributed by atoms with Gasteiger partial charge in [0, 0.05) is 31.0 Å². The van der Waals surface area contributed by atoms with Gasteiger partial charge in [-0.1, -0.05) is 48.4 Å². The molecule has 2 aliphatic rings. The molecule has 1 saturated heterocycles. The number of nitrogens with zero attached hydrogens (tertiary/aromatic N) is 1. The first kappa shape index (κ1) is 22.9. The molecule has 1 amide bonds. The number of halogens is 1. The minimum atomic E-state index is -0.769. The van der Waals surface area contributed by atoms with Gasteiger partial charge in [-0.3, -0.25) is 9.59 Å². The summed E-state index contributed by atoms with van der Waals surface area (Å²) >= 11 is 6.50. The lowest BCUT2D eigenvalue weighted by Gasteiger charge is -2.32. The summed E-state index contributed by atoms with van der Waals surface area (Å²) in [6.07, 6.45) is 3.66. The Labute approximate surface area is 203 Å². The van der Waals surface area contributed by atoms with E-state index < -0.39 is 17.4 Å². The van der Waals surface area contributed by atoms with Crippen LogP contribution in [0.2, 0.25) is 5.02 Å². The summed E-state index contributed by atoms with van der Waals surface area (Å²) in [5.74, 6) is -1.24. The van der Waals surface area contributed by atoms with E-state index in [-0.39, 0.29) is 11.8 Å². The average molecular weight is 481 g/mol. The molecule has 0 spiro atoms. The van der Waals surface area contributed by atoms with Gasteiger partial charge in [0.15, 0.2) is 0 Å². The number of aryl methyl sites for hydroxylation is 2. The highest BCUT2D eigenvalue weighted by Crippen LogP contribution is 2.40. The first-order valence-electron chi connectivity index (χ1n) is 11.8. The molecule has 7 heteroatoms. The second kappa shape index (κ2) is 8.75. The van der Waals surface area contributed by atoms with E-state index in [1.807, 2.05) is 61.0 Å². The van der Waals surface area contributed by atoms with Crippen LogP contribution in [0.15, 0.2) is 42.5 Å². The van der Waals surface area contributed by atoms with Crippen LogP contribution in [0, 0.1) is 12.8 Å². The molecule has 34 heavy (non-hydrogen) atoms. The summed E-state index contributed by atoms with van der Waals surface area (Å²) < 4.78 is 7.58. The maximum atomic E-state index is 13.5. The number of carboxylic acids is 1. The quantitative estimate of drug-likeness (QED) is 0.511. The molecule has 1 aliphatic carbocycles. The highest BCUT2D eigenvalue weighted by Gasteiger charge is 2.40. The number of rotatable bonds is 6. The Morgan fingerprint density at radius 3 is 2.53 bits per heavy atom. The van der Waals surface area contributed by atoms with Crippen molar-refractivity contribution in [1.82, 2.24) is 9.88 Å². The van der Waals surface area contributed by atoms with E-state index in [9.17, 15) is 14.7 Å². The van der Waals surface area contributed by atoms with Crippen molar-refractivity contribution in [3.05, 3.63) is 69.9 Å². The normalized spacial score (nSPS) is 21.4. The maximum absolute atomic E-state index is 13.5. The predicted molar refractivity (Wildman–Crippen MR) is 131 cm³/mol. The SMILES string of the molecule is Cc1ccc2c(cc(C(=O)NC3(c4ccc(C(C(=O)O)C5CCC5)cc4)CCOC3)n2C)c1Cl. The molecule has 1 saturated carbocycles. The average Bonchev–Trinajstić information content (AvgIpc) is 3.39. The van der Waals surface area contributed by atoms with Crippen LogP contribution in [-0.2, 0) is 22.1 Å². The van der Waals surface area contributed by atoms with E-state index in [2.05, 4.69) is 5.32 Å². The number of fused-ring (bicyclic) bond motifs is 1. The van der Waals surface area contributed by atoms with Crippen LogP contribution in [-0.4, -0.2) is 34.8 Å². The summed E-state index contributed by atoms with van der Waals surface area (Å²) in [6.45, 7) is 2.86. The number of carbonyl (C=O) groups excluding carboxylic acids is 1. The Hall–Kier alpha value is -2.83. The number of carbonyl (C=O) groups is 2. The summed E-state index contributed by atoms with van der Waals surface area (Å²) in [5.41, 5.74) is 3.47. The highest BCUT2D eigenvalue weighted by atomic mass is 35.5. The summed E-state index contributed by atoms with van der Waals surface area (Å²) in [7, 11) is 1.86. The number of benzene rings is 2. The number of hydrogen-bond acceptors (Lipinski definition) is 3. The van der Waals surface area contributed by atoms with Crippen molar-refractivity contribution >= 4 is 34.4 Å². The Bertz CT molecular complexity index is 1250. The molecule has 2 aromatic carbocycles. The van der Waals surface area contributed by atoms with E-state index in [1.54, 1.807) is 0 Å². The molecule has 178 valence electrons. The number of aromatic nitrogens is 1. The van der Waals surface area contributed by atoms with E-state index in [0.29, 0.717) is 30.4 Å².